The van der Waals surface area contributed by atoms with Gasteiger partial charge in [0.1, 0.15) is 0 Å². The van der Waals surface area contributed by atoms with E-state index in [0.717, 1.165) is 32.1 Å². The Morgan fingerprint density at radius 3 is 2.29 bits per heavy atom. The van der Waals surface area contributed by atoms with Gasteiger partial charge in [0.2, 0.25) is 10.0 Å². The Labute approximate surface area is 143 Å². The molecule has 7 nitrogen and oxygen atoms in total. The fourth-order valence-electron chi connectivity index (χ4n) is 3.22. The third-order valence-electron chi connectivity index (χ3n) is 4.43. The Balaban J connectivity index is 1.68. The van der Waals surface area contributed by atoms with Gasteiger partial charge in [0, 0.05) is 18.3 Å². The first kappa shape index (κ1) is 17.5. The van der Waals surface area contributed by atoms with Crippen LogP contribution in [0.5, 0.6) is 0 Å². The van der Waals surface area contributed by atoms with E-state index < -0.39 is 20.2 Å². The van der Waals surface area contributed by atoms with Gasteiger partial charge in [-0.1, -0.05) is 12.8 Å². The molecule has 2 fully saturated rings. The van der Waals surface area contributed by atoms with E-state index >= 15 is 0 Å². The molecule has 1 saturated heterocycles. The number of nitrogens with zero attached hydrogens (tertiary/aromatic N) is 1. The molecule has 2 aliphatic rings. The molecule has 0 aromatic heterocycles. The van der Waals surface area contributed by atoms with Gasteiger partial charge in [-0.05, 0) is 49.9 Å². The first-order valence-corrected chi connectivity index (χ1v) is 11.4. The average Bonchev–Trinajstić information content (AvgIpc) is 2.99. The zero-order valence-electron chi connectivity index (χ0n) is 13.4. The Hall–Kier alpha value is -1.32. The molecule has 1 aliphatic heterocycles. The highest BCUT2D eigenvalue weighted by molar-refractivity contribution is 7.92. The van der Waals surface area contributed by atoms with Crippen molar-refractivity contribution in [2.75, 3.05) is 21.3 Å². The molecular weight excluding hydrogens is 350 g/mol. The highest BCUT2D eigenvalue weighted by Crippen LogP contribution is 2.25. The van der Waals surface area contributed by atoms with Crippen LogP contribution in [0.25, 0.3) is 0 Å². The molecule has 2 N–H and O–H groups in total. The van der Waals surface area contributed by atoms with E-state index in [4.69, 9.17) is 0 Å². The van der Waals surface area contributed by atoms with Gasteiger partial charge >= 0.3 is 0 Å². The molecule has 0 bridgehead atoms. The first-order chi connectivity index (χ1) is 11.4. The Morgan fingerprint density at radius 1 is 1.00 bits per heavy atom. The first-order valence-electron chi connectivity index (χ1n) is 8.26. The molecule has 0 radical (unpaired) electrons. The Bertz CT molecular complexity index is 769. The smallest absolute Gasteiger partial charge is 0.271 e. The summed E-state index contributed by atoms with van der Waals surface area (Å²) in [6.07, 6.45) is 5.35. The normalized spacial score (nSPS) is 21.8. The zero-order chi connectivity index (χ0) is 17.2. The predicted molar refractivity (Wildman–Crippen MR) is 94.7 cm³/mol. The second-order valence-corrected chi connectivity index (χ2v) is 9.81. The van der Waals surface area contributed by atoms with Crippen LogP contribution < -0.4 is 13.7 Å². The van der Waals surface area contributed by atoms with Crippen LogP contribution in [0.3, 0.4) is 0 Å². The van der Waals surface area contributed by atoms with E-state index in [2.05, 4.69) is 9.44 Å². The fraction of sp³-hybridized carbons (Fsp3) is 0.600. The number of nitrogens with one attached hydrogen (secondary N) is 2. The zero-order valence-corrected chi connectivity index (χ0v) is 15.1. The molecule has 0 amide bonds. The third-order valence-corrected chi connectivity index (χ3v) is 7.45. The molecule has 1 aliphatic carbocycles. The maximum Gasteiger partial charge on any atom is 0.299 e. The lowest BCUT2D eigenvalue weighted by atomic mass is 10.2. The van der Waals surface area contributed by atoms with Gasteiger partial charge in [0.05, 0.1) is 11.4 Å². The maximum absolute atomic E-state index is 12.1. The summed E-state index contributed by atoms with van der Waals surface area (Å²) in [4.78, 5) is 0. The fourth-order valence-corrected chi connectivity index (χ4v) is 6.04. The highest BCUT2D eigenvalue weighted by Gasteiger charge is 2.26. The van der Waals surface area contributed by atoms with Crippen molar-refractivity contribution in [2.45, 2.75) is 44.6 Å². The number of benzene rings is 1. The minimum Gasteiger partial charge on any atom is -0.271 e. The highest BCUT2D eigenvalue weighted by atomic mass is 32.2. The van der Waals surface area contributed by atoms with Crippen LogP contribution in [0, 0.1) is 0 Å². The van der Waals surface area contributed by atoms with Gasteiger partial charge in [0.25, 0.3) is 10.2 Å². The van der Waals surface area contributed by atoms with Crippen LogP contribution >= 0.6 is 0 Å². The number of hydrogen-bond acceptors (Lipinski definition) is 4. The number of anilines is 2. The van der Waals surface area contributed by atoms with Crippen LogP contribution in [0.2, 0.25) is 0 Å². The topological polar surface area (TPSA) is 95.6 Å². The van der Waals surface area contributed by atoms with Gasteiger partial charge in [-0.3, -0.25) is 9.03 Å². The molecule has 1 saturated carbocycles. The standard InChI is InChI=1S/C15H23N3O4S2/c19-23(20)12-4-3-11-18(23)15-9-7-14(8-10-15)17-24(21,22)16-13-5-1-2-6-13/h7-10,13,16-17H,1-6,11-12H2. The van der Waals surface area contributed by atoms with Crippen molar-refractivity contribution in [1.29, 1.82) is 0 Å². The maximum atomic E-state index is 12.1. The van der Waals surface area contributed by atoms with Crippen molar-refractivity contribution < 1.29 is 16.8 Å². The third kappa shape index (κ3) is 4.20. The summed E-state index contributed by atoms with van der Waals surface area (Å²) in [5.41, 5.74) is 0.986. The largest absolute Gasteiger partial charge is 0.299 e. The molecule has 0 unspecified atom stereocenters. The van der Waals surface area contributed by atoms with Gasteiger partial charge in [-0.15, -0.1) is 0 Å². The van der Waals surface area contributed by atoms with E-state index in [1.165, 1.54) is 4.31 Å². The predicted octanol–water partition coefficient (Wildman–Crippen LogP) is 1.81. The number of rotatable bonds is 5. The van der Waals surface area contributed by atoms with E-state index in [1.807, 2.05) is 0 Å². The van der Waals surface area contributed by atoms with E-state index in [-0.39, 0.29) is 11.8 Å². The van der Waals surface area contributed by atoms with Crippen LogP contribution in [-0.2, 0) is 20.2 Å². The molecule has 0 spiro atoms. The van der Waals surface area contributed by atoms with Gasteiger partial charge in [-0.2, -0.15) is 13.1 Å². The minimum atomic E-state index is -3.61. The van der Waals surface area contributed by atoms with E-state index in [9.17, 15) is 16.8 Å². The molecule has 3 rings (SSSR count). The second kappa shape index (κ2) is 6.89. The summed E-state index contributed by atoms with van der Waals surface area (Å²) >= 11 is 0. The molecule has 1 aromatic carbocycles. The quantitative estimate of drug-likeness (QED) is 0.823. The lowest BCUT2D eigenvalue weighted by molar-refractivity contribution is 0.557. The molecule has 1 heterocycles. The van der Waals surface area contributed by atoms with Gasteiger partial charge in [-0.25, -0.2) is 8.42 Å². The summed E-state index contributed by atoms with van der Waals surface area (Å²) in [5.74, 6) is 0.159. The number of hydrogen-bond donors (Lipinski definition) is 2. The Kier molecular flexibility index (Phi) is 5.03. The van der Waals surface area contributed by atoms with Crippen LogP contribution in [-0.4, -0.2) is 35.2 Å². The van der Waals surface area contributed by atoms with Gasteiger partial charge in [0.15, 0.2) is 0 Å². The van der Waals surface area contributed by atoms with Crippen molar-refractivity contribution in [3.05, 3.63) is 24.3 Å². The van der Waals surface area contributed by atoms with Crippen LogP contribution in [0.4, 0.5) is 11.4 Å². The molecule has 24 heavy (non-hydrogen) atoms. The van der Waals surface area contributed by atoms with E-state index in [1.54, 1.807) is 24.3 Å². The van der Waals surface area contributed by atoms with Crippen molar-refractivity contribution in [1.82, 2.24) is 4.72 Å². The molecule has 134 valence electrons. The van der Waals surface area contributed by atoms with Crippen molar-refractivity contribution in [2.24, 2.45) is 0 Å². The Morgan fingerprint density at radius 2 is 1.67 bits per heavy atom. The molecule has 0 atom stereocenters. The summed E-state index contributed by atoms with van der Waals surface area (Å²) in [6, 6.07) is 6.45. The van der Waals surface area contributed by atoms with E-state index in [0.29, 0.717) is 24.3 Å². The summed E-state index contributed by atoms with van der Waals surface area (Å²) < 4.78 is 55.0. The number of sulfonamides is 1. The summed E-state index contributed by atoms with van der Waals surface area (Å²) in [7, 11) is -6.87. The molecule has 9 heteroatoms. The monoisotopic (exact) mass is 373 g/mol. The van der Waals surface area contributed by atoms with Crippen LogP contribution in [0.15, 0.2) is 24.3 Å². The van der Waals surface area contributed by atoms with Crippen LogP contribution in [0.1, 0.15) is 38.5 Å². The molecule has 1 aromatic rings. The summed E-state index contributed by atoms with van der Waals surface area (Å²) in [5, 5.41) is 0. The lowest BCUT2D eigenvalue weighted by Crippen LogP contribution is -2.38. The average molecular weight is 374 g/mol. The molecular formula is C15H23N3O4S2. The second-order valence-electron chi connectivity index (χ2n) is 6.35. The van der Waals surface area contributed by atoms with Gasteiger partial charge < -0.3 is 0 Å². The lowest BCUT2D eigenvalue weighted by Gasteiger charge is -2.28. The van der Waals surface area contributed by atoms with Crippen molar-refractivity contribution >= 4 is 31.6 Å². The minimum absolute atomic E-state index is 0.000246. The SMILES string of the molecule is O=S(=O)(Nc1ccc(N2CCCCS2(=O)=O)cc1)NC1CCCC1. The van der Waals surface area contributed by atoms with Crippen molar-refractivity contribution in [3.63, 3.8) is 0 Å². The van der Waals surface area contributed by atoms with Crippen molar-refractivity contribution in [3.8, 4) is 0 Å². The summed E-state index contributed by atoms with van der Waals surface area (Å²) in [6.45, 7) is 0.469.